The Bertz CT molecular complexity index is 1260. The summed E-state index contributed by atoms with van der Waals surface area (Å²) in [6.45, 7) is 1.43. The molecule has 2 aromatic carbocycles. The van der Waals surface area contributed by atoms with Crippen molar-refractivity contribution in [1.29, 1.82) is 0 Å². The summed E-state index contributed by atoms with van der Waals surface area (Å²) in [7, 11) is 1.57. The van der Waals surface area contributed by atoms with Crippen molar-refractivity contribution in [3.05, 3.63) is 64.6 Å². The van der Waals surface area contributed by atoms with Crippen LogP contribution in [-0.2, 0) is 16.0 Å². The fraction of sp³-hybridized carbons (Fsp3) is 0.217. The zero-order valence-corrected chi connectivity index (χ0v) is 19.7. The summed E-state index contributed by atoms with van der Waals surface area (Å²) in [5.41, 5.74) is 2.54. The number of carbonyl (C=O) groups is 2. The van der Waals surface area contributed by atoms with E-state index in [0.29, 0.717) is 32.9 Å². The number of fused-ring (bicyclic) bond motifs is 1. The van der Waals surface area contributed by atoms with Crippen LogP contribution in [0.4, 0.5) is 11.4 Å². The number of aromatic nitrogens is 2. The minimum Gasteiger partial charge on any atom is -0.497 e. The van der Waals surface area contributed by atoms with Crippen molar-refractivity contribution in [2.24, 2.45) is 0 Å². The Morgan fingerprint density at radius 3 is 2.58 bits per heavy atom. The number of nitrogens with zero attached hydrogens (tertiary/aromatic N) is 2. The van der Waals surface area contributed by atoms with Crippen LogP contribution in [0, 0.1) is 0 Å². The van der Waals surface area contributed by atoms with E-state index >= 15 is 0 Å². The second-order valence-electron chi connectivity index (χ2n) is 7.21. The monoisotopic (exact) mass is 482 g/mol. The van der Waals surface area contributed by atoms with Crippen molar-refractivity contribution < 1.29 is 14.3 Å². The number of hydrogen-bond acceptors (Lipinski definition) is 7. The van der Waals surface area contributed by atoms with Crippen molar-refractivity contribution in [3.63, 3.8) is 0 Å². The molecule has 2 amide bonds. The highest BCUT2D eigenvalue weighted by atomic mass is 32.2. The number of nitrogens with one attached hydrogen (secondary N) is 2. The van der Waals surface area contributed by atoms with Gasteiger partial charge < -0.3 is 15.4 Å². The Hall–Kier alpha value is -3.24. The van der Waals surface area contributed by atoms with Crippen molar-refractivity contribution in [2.45, 2.75) is 23.4 Å². The van der Waals surface area contributed by atoms with Gasteiger partial charge in [0.2, 0.25) is 11.8 Å². The van der Waals surface area contributed by atoms with Gasteiger partial charge in [-0.05, 0) is 36.4 Å². The number of thioether (sulfide) groups is 2. The lowest BCUT2D eigenvalue weighted by molar-refractivity contribution is -0.114. The van der Waals surface area contributed by atoms with Gasteiger partial charge in [-0.3, -0.25) is 19.0 Å². The molecule has 8 nitrogen and oxygen atoms in total. The maximum absolute atomic E-state index is 13.2. The lowest BCUT2D eigenvalue weighted by Crippen LogP contribution is -2.24. The zero-order chi connectivity index (χ0) is 23.4. The smallest absolute Gasteiger partial charge is 0.272 e. The first-order valence-electron chi connectivity index (χ1n) is 10.2. The van der Waals surface area contributed by atoms with Crippen LogP contribution in [0.25, 0.3) is 5.69 Å². The average molecular weight is 483 g/mol. The van der Waals surface area contributed by atoms with Gasteiger partial charge in [0.05, 0.1) is 29.1 Å². The van der Waals surface area contributed by atoms with Crippen molar-refractivity contribution >= 4 is 46.7 Å². The van der Waals surface area contributed by atoms with Gasteiger partial charge in [-0.2, -0.15) is 0 Å². The highest BCUT2D eigenvalue weighted by molar-refractivity contribution is 8.00. The number of rotatable bonds is 7. The molecule has 0 bridgehead atoms. The lowest BCUT2D eigenvalue weighted by Gasteiger charge is -2.14. The first-order chi connectivity index (χ1) is 15.9. The summed E-state index contributed by atoms with van der Waals surface area (Å²) in [5, 5.41) is 5.97. The summed E-state index contributed by atoms with van der Waals surface area (Å²) in [6.07, 6.45) is 0.731. The number of aryl methyl sites for hydroxylation is 1. The van der Waals surface area contributed by atoms with Crippen molar-refractivity contribution in [1.82, 2.24) is 9.55 Å². The molecular formula is C23H22N4O4S2. The highest BCUT2D eigenvalue weighted by Gasteiger charge is 2.23. The molecule has 1 aromatic heterocycles. The van der Waals surface area contributed by atoms with E-state index < -0.39 is 0 Å². The average Bonchev–Trinajstić information content (AvgIpc) is 3.28. The molecule has 0 saturated heterocycles. The fourth-order valence-electron chi connectivity index (χ4n) is 3.33. The van der Waals surface area contributed by atoms with Gasteiger partial charge in [0.25, 0.3) is 5.56 Å². The van der Waals surface area contributed by atoms with Crippen molar-refractivity contribution in [3.8, 4) is 11.4 Å². The van der Waals surface area contributed by atoms with Crippen LogP contribution in [0.3, 0.4) is 0 Å². The summed E-state index contributed by atoms with van der Waals surface area (Å²) < 4.78 is 6.85. The largest absolute Gasteiger partial charge is 0.497 e. The number of benzene rings is 2. The first-order valence-corrected chi connectivity index (χ1v) is 12.1. The molecular weight excluding hydrogens is 460 g/mol. The Kier molecular flexibility index (Phi) is 7.05. The topological polar surface area (TPSA) is 102 Å². The number of hydrogen-bond donors (Lipinski definition) is 2. The molecule has 2 heterocycles. The molecule has 0 saturated carbocycles. The molecule has 33 heavy (non-hydrogen) atoms. The molecule has 1 aliphatic heterocycles. The van der Waals surface area contributed by atoms with E-state index in [-0.39, 0.29) is 23.1 Å². The molecule has 0 spiro atoms. The van der Waals surface area contributed by atoms with Gasteiger partial charge >= 0.3 is 0 Å². The van der Waals surface area contributed by atoms with Gasteiger partial charge in [-0.1, -0.05) is 17.8 Å². The van der Waals surface area contributed by atoms with E-state index in [4.69, 9.17) is 9.72 Å². The molecule has 170 valence electrons. The molecule has 0 aliphatic carbocycles. The third-order valence-electron chi connectivity index (χ3n) is 4.80. The summed E-state index contributed by atoms with van der Waals surface area (Å²) >= 11 is 2.72. The maximum atomic E-state index is 13.2. The van der Waals surface area contributed by atoms with Crippen LogP contribution in [0.15, 0.2) is 63.4 Å². The van der Waals surface area contributed by atoms with E-state index in [1.165, 1.54) is 30.4 Å². The molecule has 4 rings (SSSR count). The Morgan fingerprint density at radius 2 is 1.88 bits per heavy atom. The number of methoxy groups -OCH3 is 1. The first kappa shape index (κ1) is 22.9. The Balaban J connectivity index is 1.54. The van der Waals surface area contributed by atoms with E-state index in [1.807, 2.05) is 18.2 Å². The van der Waals surface area contributed by atoms with Gasteiger partial charge in [-0.25, -0.2) is 4.98 Å². The molecule has 0 unspecified atom stereocenters. The van der Waals surface area contributed by atoms with Gasteiger partial charge in [0.15, 0.2) is 5.16 Å². The minimum absolute atomic E-state index is 0.0792. The standard InChI is InChI=1S/C23H22N4O4S2/c1-14(28)24-15-6-8-16(9-7-15)25-20(29)13-33-23-26-19-10-11-32-21(19)22(30)27(23)17-4-3-5-18(12-17)31-2/h3-9,12H,10-11,13H2,1-2H3,(H,24,28)(H,25,29). The van der Waals surface area contributed by atoms with Crippen LogP contribution in [0.5, 0.6) is 5.75 Å². The third kappa shape index (κ3) is 5.40. The Morgan fingerprint density at radius 1 is 1.15 bits per heavy atom. The molecule has 0 atom stereocenters. The highest BCUT2D eigenvalue weighted by Crippen LogP contribution is 2.30. The van der Waals surface area contributed by atoms with E-state index in [9.17, 15) is 14.4 Å². The minimum atomic E-state index is -0.228. The van der Waals surface area contributed by atoms with Crippen molar-refractivity contribution in [2.75, 3.05) is 29.2 Å². The van der Waals surface area contributed by atoms with Crippen LogP contribution in [-0.4, -0.2) is 40.0 Å². The van der Waals surface area contributed by atoms with E-state index in [2.05, 4.69) is 10.6 Å². The number of ether oxygens (including phenoxy) is 1. The number of anilines is 2. The molecule has 0 fully saturated rings. The van der Waals surface area contributed by atoms with Gasteiger partial charge in [0, 0.05) is 36.5 Å². The molecule has 0 radical (unpaired) electrons. The summed E-state index contributed by atoms with van der Waals surface area (Å²) in [5.74, 6) is 1.14. The predicted octanol–water partition coefficient (Wildman–Crippen LogP) is 3.58. The summed E-state index contributed by atoms with van der Waals surface area (Å²) in [4.78, 5) is 42.3. The SMILES string of the molecule is COc1cccc(-n2c(SCC(=O)Nc3ccc(NC(C)=O)cc3)nc3c(c2=O)SCC3)c1. The summed E-state index contributed by atoms with van der Waals surface area (Å²) in [6, 6.07) is 14.1. The lowest BCUT2D eigenvalue weighted by atomic mass is 10.3. The normalized spacial score (nSPS) is 12.2. The third-order valence-corrected chi connectivity index (χ3v) is 6.85. The molecule has 3 aromatic rings. The Labute approximate surface area is 199 Å². The number of amides is 2. The van der Waals surface area contributed by atoms with Crippen LogP contribution < -0.4 is 20.9 Å². The molecule has 2 N–H and O–H groups in total. The van der Waals surface area contributed by atoms with Crippen LogP contribution >= 0.6 is 23.5 Å². The fourth-order valence-corrected chi connectivity index (χ4v) is 5.19. The molecule has 10 heteroatoms. The predicted molar refractivity (Wildman–Crippen MR) is 131 cm³/mol. The maximum Gasteiger partial charge on any atom is 0.272 e. The van der Waals surface area contributed by atoms with Gasteiger partial charge in [0.1, 0.15) is 5.75 Å². The second-order valence-corrected chi connectivity index (χ2v) is 9.25. The zero-order valence-electron chi connectivity index (χ0n) is 18.1. The van der Waals surface area contributed by atoms with E-state index in [1.54, 1.807) is 42.0 Å². The van der Waals surface area contributed by atoms with Crippen LogP contribution in [0.1, 0.15) is 12.6 Å². The quantitative estimate of drug-likeness (QED) is 0.392. The number of carbonyl (C=O) groups excluding carboxylic acids is 2. The van der Waals surface area contributed by atoms with Gasteiger partial charge in [-0.15, -0.1) is 11.8 Å². The molecule has 1 aliphatic rings. The van der Waals surface area contributed by atoms with E-state index in [0.717, 1.165) is 17.9 Å². The van der Waals surface area contributed by atoms with Crippen LogP contribution in [0.2, 0.25) is 0 Å². The second kappa shape index (κ2) is 10.1.